The van der Waals surface area contributed by atoms with E-state index in [9.17, 15) is 0 Å². The number of hydrogen-bond acceptors (Lipinski definition) is 5. The van der Waals surface area contributed by atoms with Crippen molar-refractivity contribution in [1.82, 2.24) is 5.32 Å². The molecule has 5 heteroatoms. The standard InChI is InChI=1S/C16H19N3O2/c17-9-3-4-12-10(7-9)13-14(15-16(19-12)21-15)20-6-5-11(18-13)8-1-2-8/h3-4,7-8,11,15-16,18-19H,1-2,5-6,17H2/t11-,15?,16?/m1/s1. The molecule has 3 aliphatic heterocycles. The first kappa shape index (κ1) is 11.7. The van der Waals surface area contributed by atoms with Crippen molar-refractivity contribution in [3.63, 3.8) is 0 Å². The highest BCUT2D eigenvalue weighted by atomic mass is 16.6. The highest BCUT2D eigenvalue weighted by Gasteiger charge is 2.49. The van der Waals surface area contributed by atoms with E-state index in [1.807, 2.05) is 18.2 Å². The molecule has 0 bridgehead atoms. The van der Waals surface area contributed by atoms with Gasteiger partial charge < -0.3 is 25.8 Å². The molecule has 4 N–H and O–H groups in total. The summed E-state index contributed by atoms with van der Waals surface area (Å²) in [6.07, 6.45) is 3.76. The smallest absolute Gasteiger partial charge is 0.164 e. The highest BCUT2D eigenvalue weighted by Crippen LogP contribution is 2.44. The molecule has 1 saturated heterocycles. The van der Waals surface area contributed by atoms with Crippen LogP contribution in [0.15, 0.2) is 24.0 Å². The summed E-state index contributed by atoms with van der Waals surface area (Å²) in [7, 11) is 0. The summed E-state index contributed by atoms with van der Waals surface area (Å²) >= 11 is 0. The summed E-state index contributed by atoms with van der Waals surface area (Å²) in [5.41, 5.74) is 10.0. The molecule has 0 amide bonds. The number of ether oxygens (including phenoxy) is 2. The second kappa shape index (κ2) is 4.07. The number of nitrogen functional groups attached to an aromatic ring is 1. The third kappa shape index (κ3) is 1.87. The van der Waals surface area contributed by atoms with Crippen LogP contribution in [0.5, 0.6) is 0 Å². The number of epoxide rings is 1. The summed E-state index contributed by atoms with van der Waals surface area (Å²) in [5, 5.41) is 7.16. The van der Waals surface area contributed by atoms with E-state index < -0.39 is 0 Å². The molecule has 21 heavy (non-hydrogen) atoms. The van der Waals surface area contributed by atoms with Crippen LogP contribution in [-0.4, -0.2) is 25.0 Å². The van der Waals surface area contributed by atoms with Crippen molar-refractivity contribution < 1.29 is 9.47 Å². The van der Waals surface area contributed by atoms with Gasteiger partial charge in [0.15, 0.2) is 18.1 Å². The van der Waals surface area contributed by atoms with Gasteiger partial charge in [-0.2, -0.15) is 0 Å². The van der Waals surface area contributed by atoms with Crippen LogP contribution in [0.25, 0.3) is 5.70 Å². The number of nitrogens with two attached hydrogens (primary N) is 1. The van der Waals surface area contributed by atoms with Gasteiger partial charge in [0.05, 0.1) is 12.3 Å². The number of anilines is 2. The highest BCUT2D eigenvalue weighted by molar-refractivity contribution is 5.81. The quantitative estimate of drug-likeness (QED) is 0.543. The molecule has 1 aromatic rings. The number of rotatable bonds is 1. The van der Waals surface area contributed by atoms with Gasteiger partial charge in [0.25, 0.3) is 0 Å². The van der Waals surface area contributed by atoms with Crippen molar-refractivity contribution in [2.45, 2.75) is 37.6 Å². The fourth-order valence-electron chi connectivity index (χ4n) is 3.45. The van der Waals surface area contributed by atoms with E-state index >= 15 is 0 Å². The van der Waals surface area contributed by atoms with E-state index in [0.717, 1.165) is 47.3 Å². The minimum atomic E-state index is 0.0269. The first-order valence-electron chi connectivity index (χ1n) is 7.75. The molecule has 4 aliphatic rings. The molecular formula is C16H19N3O2. The predicted molar refractivity (Wildman–Crippen MR) is 80.3 cm³/mol. The van der Waals surface area contributed by atoms with Crippen molar-refractivity contribution in [1.29, 1.82) is 0 Å². The third-order valence-corrected chi connectivity index (χ3v) is 4.81. The van der Waals surface area contributed by atoms with Crippen molar-refractivity contribution in [2.75, 3.05) is 17.7 Å². The number of fused-ring (bicyclic) bond motifs is 4. The van der Waals surface area contributed by atoms with Gasteiger partial charge in [-0.05, 0) is 37.0 Å². The zero-order valence-corrected chi connectivity index (χ0v) is 11.8. The van der Waals surface area contributed by atoms with Gasteiger partial charge >= 0.3 is 0 Å². The van der Waals surface area contributed by atoms with Crippen molar-refractivity contribution in [3.05, 3.63) is 29.5 Å². The van der Waals surface area contributed by atoms with Gasteiger partial charge in [-0.15, -0.1) is 0 Å². The van der Waals surface area contributed by atoms with Crippen molar-refractivity contribution in [3.8, 4) is 0 Å². The second-order valence-corrected chi connectivity index (χ2v) is 6.39. The summed E-state index contributed by atoms with van der Waals surface area (Å²) in [5.74, 6) is 1.73. The SMILES string of the molecule is Nc1ccc2c(c1)C1=C(OCC[C@H](C3CC3)N1)C1OC1N2. The van der Waals surface area contributed by atoms with Crippen LogP contribution in [-0.2, 0) is 9.47 Å². The van der Waals surface area contributed by atoms with E-state index in [0.29, 0.717) is 6.04 Å². The molecule has 1 aromatic carbocycles. The lowest BCUT2D eigenvalue weighted by Crippen LogP contribution is -2.29. The van der Waals surface area contributed by atoms with Gasteiger partial charge in [-0.25, -0.2) is 0 Å². The maximum atomic E-state index is 6.06. The maximum Gasteiger partial charge on any atom is 0.164 e. The lowest BCUT2D eigenvalue weighted by molar-refractivity contribution is 0.184. The second-order valence-electron chi connectivity index (χ2n) is 6.39. The fourth-order valence-corrected chi connectivity index (χ4v) is 3.45. The predicted octanol–water partition coefficient (Wildman–Crippen LogP) is 1.88. The molecule has 0 radical (unpaired) electrons. The normalized spacial score (nSPS) is 33.2. The van der Waals surface area contributed by atoms with Gasteiger partial charge in [0.2, 0.25) is 0 Å². The first-order valence-corrected chi connectivity index (χ1v) is 7.75. The Bertz CT molecular complexity index is 638. The molecule has 3 heterocycles. The van der Waals surface area contributed by atoms with Crippen LogP contribution in [0.3, 0.4) is 0 Å². The molecule has 1 saturated carbocycles. The summed E-state index contributed by atoms with van der Waals surface area (Å²) in [4.78, 5) is 0. The lowest BCUT2D eigenvalue weighted by atomic mass is 10.0. The molecule has 5 rings (SSSR count). The van der Waals surface area contributed by atoms with E-state index in [1.54, 1.807) is 0 Å². The van der Waals surface area contributed by atoms with Crippen LogP contribution in [0.4, 0.5) is 11.4 Å². The average Bonchev–Trinajstić information content (AvgIpc) is 3.33. The lowest BCUT2D eigenvalue weighted by Gasteiger charge is -2.20. The zero-order chi connectivity index (χ0) is 14.0. The molecule has 0 spiro atoms. The Morgan fingerprint density at radius 3 is 2.90 bits per heavy atom. The minimum Gasteiger partial charge on any atom is -0.493 e. The van der Waals surface area contributed by atoms with E-state index in [-0.39, 0.29) is 12.3 Å². The van der Waals surface area contributed by atoms with Crippen LogP contribution < -0.4 is 16.4 Å². The van der Waals surface area contributed by atoms with E-state index in [1.165, 1.54) is 12.8 Å². The number of nitrogens with one attached hydrogen (secondary N) is 2. The van der Waals surface area contributed by atoms with E-state index in [4.69, 9.17) is 15.2 Å². The summed E-state index contributed by atoms with van der Waals surface area (Å²) < 4.78 is 11.8. The van der Waals surface area contributed by atoms with Crippen LogP contribution in [0, 0.1) is 5.92 Å². The van der Waals surface area contributed by atoms with Gasteiger partial charge in [0.1, 0.15) is 0 Å². The van der Waals surface area contributed by atoms with Gasteiger partial charge in [0, 0.05) is 29.4 Å². The summed E-state index contributed by atoms with van der Waals surface area (Å²) in [6, 6.07) is 6.47. The molecule has 5 nitrogen and oxygen atoms in total. The maximum absolute atomic E-state index is 6.06. The Morgan fingerprint density at radius 2 is 2.05 bits per heavy atom. The Morgan fingerprint density at radius 1 is 1.14 bits per heavy atom. The fraction of sp³-hybridized carbons (Fsp3) is 0.500. The third-order valence-electron chi connectivity index (χ3n) is 4.81. The minimum absolute atomic E-state index is 0.0269. The van der Waals surface area contributed by atoms with E-state index in [2.05, 4.69) is 10.6 Å². The van der Waals surface area contributed by atoms with Crippen LogP contribution in [0.1, 0.15) is 24.8 Å². The molecule has 2 unspecified atom stereocenters. The largest absolute Gasteiger partial charge is 0.493 e. The van der Waals surface area contributed by atoms with Gasteiger partial charge in [-0.1, -0.05) is 0 Å². The zero-order valence-electron chi connectivity index (χ0n) is 11.8. The molecule has 3 atom stereocenters. The Labute approximate surface area is 123 Å². The van der Waals surface area contributed by atoms with Crippen LogP contribution >= 0.6 is 0 Å². The molecule has 2 fully saturated rings. The topological polar surface area (TPSA) is 71.8 Å². The Kier molecular flexibility index (Phi) is 2.28. The summed E-state index contributed by atoms with van der Waals surface area (Å²) in [6.45, 7) is 0.761. The Hall–Kier alpha value is -1.88. The average molecular weight is 285 g/mol. The monoisotopic (exact) mass is 285 g/mol. The number of benzene rings is 1. The molecular weight excluding hydrogens is 266 g/mol. The van der Waals surface area contributed by atoms with Crippen molar-refractivity contribution >= 4 is 17.1 Å². The number of hydrogen-bond donors (Lipinski definition) is 3. The molecule has 1 aliphatic carbocycles. The molecule has 110 valence electrons. The van der Waals surface area contributed by atoms with Crippen molar-refractivity contribution in [2.24, 2.45) is 5.92 Å². The first-order chi connectivity index (χ1) is 10.3. The van der Waals surface area contributed by atoms with Gasteiger partial charge in [-0.3, -0.25) is 0 Å². The Balaban J connectivity index is 1.63. The molecule has 0 aromatic heterocycles. The van der Waals surface area contributed by atoms with Crippen LogP contribution in [0.2, 0.25) is 0 Å².